The molecule has 0 saturated carbocycles. The molecule has 0 fully saturated rings. The Labute approximate surface area is 141 Å². The molecule has 6 heteroatoms. The van der Waals surface area contributed by atoms with Crippen molar-refractivity contribution in [1.29, 1.82) is 0 Å². The third kappa shape index (κ3) is 4.69. The number of hydrazine groups is 1. The van der Waals surface area contributed by atoms with Crippen molar-refractivity contribution in [2.75, 3.05) is 24.3 Å². The Morgan fingerprint density at radius 2 is 1.78 bits per heavy atom. The molecule has 0 bridgehead atoms. The van der Waals surface area contributed by atoms with Gasteiger partial charge in [-0.05, 0) is 49.0 Å². The number of carbonyl (C=O) groups excluding carboxylic acids is 1. The quantitative estimate of drug-likeness (QED) is 0.597. The van der Waals surface area contributed by atoms with Gasteiger partial charge in [0.1, 0.15) is 0 Å². The monoisotopic (exact) mass is 328 g/mol. The molecule has 0 aromatic heterocycles. The van der Waals surface area contributed by atoms with Crippen molar-refractivity contribution in [3.05, 3.63) is 59.7 Å². The number of carbonyl (C=O) groups is 1. The van der Waals surface area contributed by atoms with Crippen LogP contribution in [0.2, 0.25) is 0 Å². The topological polar surface area (TPSA) is 56.4 Å². The second-order valence-corrected chi connectivity index (χ2v) is 5.70. The number of rotatable bonds is 3. The Morgan fingerprint density at radius 3 is 2.48 bits per heavy atom. The van der Waals surface area contributed by atoms with Gasteiger partial charge >= 0.3 is 0 Å². The molecule has 0 aliphatic heterocycles. The van der Waals surface area contributed by atoms with Crippen LogP contribution in [0, 0.1) is 6.92 Å². The summed E-state index contributed by atoms with van der Waals surface area (Å²) in [7, 11) is 3.85. The lowest BCUT2D eigenvalue weighted by Crippen LogP contribution is -2.43. The molecule has 0 aliphatic rings. The van der Waals surface area contributed by atoms with Crippen LogP contribution < -0.4 is 21.1 Å². The molecule has 0 radical (unpaired) electrons. The summed E-state index contributed by atoms with van der Waals surface area (Å²) in [6, 6.07) is 15.1. The number of anilines is 2. The van der Waals surface area contributed by atoms with Gasteiger partial charge in [-0.25, -0.2) is 0 Å². The molecule has 1 amide bonds. The van der Waals surface area contributed by atoms with Crippen molar-refractivity contribution >= 4 is 34.6 Å². The van der Waals surface area contributed by atoms with Crippen molar-refractivity contribution in [3.63, 3.8) is 0 Å². The summed E-state index contributed by atoms with van der Waals surface area (Å²) in [5.41, 5.74) is 8.79. The lowest BCUT2D eigenvalue weighted by molar-refractivity contribution is 0.0944. The van der Waals surface area contributed by atoms with Crippen LogP contribution in [0.1, 0.15) is 15.9 Å². The molecule has 0 heterocycles. The summed E-state index contributed by atoms with van der Waals surface area (Å²) in [5.74, 6) is -0.248. The third-order valence-electron chi connectivity index (χ3n) is 3.31. The van der Waals surface area contributed by atoms with E-state index in [0.717, 1.165) is 16.9 Å². The molecule has 0 saturated heterocycles. The fourth-order valence-electron chi connectivity index (χ4n) is 1.98. The predicted octanol–water partition coefficient (Wildman–Crippen LogP) is 2.69. The molecule has 0 unspecified atom stereocenters. The normalized spacial score (nSPS) is 9.87. The van der Waals surface area contributed by atoms with E-state index in [-0.39, 0.29) is 5.91 Å². The van der Waals surface area contributed by atoms with Gasteiger partial charge < -0.3 is 10.2 Å². The van der Waals surface area contributed by atoms with E-state index in [4.69, 9.17) is 12.2 Å². The van der Waals surface area contributed by atoms with Crippen LogP contribution >= 0.6 is 12.2 Å². The van der Waals surface area contributed by atoms with Gasteiger partial charge in [-0.1, -0.05) is 24.3 Å². The van der Waals surface area contributed by atoms with Gasteiger partial charge in [-0.15, -0.1) is 0 Å². The first kappa shape index (κ1) is 16.8. The standard InChI is InChI=1S/C17H20N4OS/c1-12-7-4-5-10-15(12)18-17(23)20-19-16(22)13-8-6-9-14(11-13)21(2)3/h4-11H,1-3H3,(H,19,22)(H2,18,20,23). The van der Waals surface area contributed by atoms with Gasteiger partial charge in [-0.2, -0.15) is 0 Å². The average Bonchev–Trinajstić information content (AvgIpc) is 2.55. The summed E-state index contributed by atoms with van der Waals surface area (Å²) in [4.78, 5) is 14.1. The molecule has 0 spiro atoms. The van der Waals surface area contributed by atoms with Crippen molar-refractivity contribution in [2.24, 2.45) is 0 Å². The molecule has 2 rings (SSSR count). The van der Waals surface area contributed by atoms with E-state index in [1.807, 2.05) is 68.4 Å². The van der Waals surface area contributed by atoms with Crippen LogP contribution in [0.5, 0.6) is 0 Å². The van der Waals surface area contributed by atoms with Crippen LogP contribution in [0.25, 0.3) is 0 Å². The van der Waals surface area contributed by atoms with Crippen LogP contribution in [0.4, 0.5) is 11.4 Å². The van der Waals surface area contributed by atoms with Crippen LogP contribution in [0.15, 0.2) is 48.5 Å². The Kier molecular flexibility index (Phi) is 5.54. The first-order valence-corrected chi connectivity index (χ1v) is 7.58. The highest BCUT2D eigenvalue weighted by Crippen LogP contribution is 2.14. The molecule has 2 aromatic rings. The number of hydrogen-bond acceptors (Lipinski definition) is 3. The Balaban J connectivity index is 1.92. The highest BCUT2D eigenvalue weighted by molar-refractivity contribution is 7.80. The van der Waals surface area contributed by atoms with E-state index >= 15 is 0 Å². The number of nitrogens with one attached hydrogen (secondary N) is 3. The van der Waals surface area contributed by atoms with Gasteiger partial charge in [0.2, 0.25) is 0 Å². The highest BCUT2D eigenvalue weighted by atomic mass is 32.1. The number of amides is 1. The van der Waals surface area contributed by atoms with Crippen LogP contribution in [-0.2, 0) is 0 Å². The van der Waals surface area contributed by atoms with E-state index in [0.29, 0.717) is 10.7 Å². The minimum Gasteiger partial charge on any atom is -0.378 e. The van der Waals surface area contributed by atoms with Crippen LogP contribution in [-0.4, -0.2) is 25.1 Å². The lowest BCUT2D eigenvalue weighted by Gasteiger charge is -2.15. The number of hydrogen-bond donors (Lipinski definition) is 3. The number of benzene rings is 2. The maximum absolute atomic E-state index is 12.2. The van der Waals surface area contributed by atoms with Crippen molar-refractivity contribution < 1.29 is 4.79 Å². The first-order valence-electron chi connectivity index (χ1n) is 7.17. The van der Waals surface area contributed by atoms with Gasteiger partial charge in [-0.3, -0.25) is 15.6 Å². The Bertz CT molecular complexity index is 715. The van der Waals surface area contributed by atoms with Crippen molar-refractivity contribution in [2.45, 2.75) is 6.92 Å². The maximum atomic E-state index is 12.2. The Morgan fingerprint density at radius 1 is 1.04 bits per heavy atom. The van der Waals surface area contributed by atoms with E-state index in [1.54, 1.807) is 6.07 Å². The van der Waals surface area contributed by atoms with Gasteiger partial charge in [0.15, 0.2) is 5.11 Å². The fourth-order valence-corrected chi connectivity index (χ4v) is 2.14. The SMILES string of the molecule is Cc1ccccc1NC(=S)NNC(=O)c1cccc(N(C)C)c1. The number of aryl methyl sites for hydroxylation is 1. The summed E-state index contributed by atoms with van der Waals surface area (Å²) < 4.78 is 0. The summed E-state index contributed by atoms with van der Waals surface area (Å²) >= 11 is 5.19. The van der Waals surface area contributed by atoms with Gasteiger partial charge in [0.05, 0.1) is 0 Å². The highest BCUT2D eigenvalue weighted by Gasteiger charge is 2.07. The second kappa shape index (κ2) is 7.60. The molecule has 120 valence electrons. The van der Waals surface area contributed by atoms with Crippen molar-refractivity contribution in [1.82, 2.24) is 10.9 Å². The minimum absolute atomic E-state index is 0.248. The molecule has 5 nitrogen and oxygen atoms in total. The summed E-state index contributed by atoms with van der Waals surface area (Å²) in [6.07, 6.45) is 0. The van der Waals surface area contributed by atoms with Crippen LogP contribution in [0.3, 0.4) is 0 Å². The lowest BCUT2D eigenvalue weighted by atomic mass is 10.2. The molecule has 0 atom stereocenters. The Hall–Kier alpha value is -2.60. The smallest absolute Gasteiger partial charge is 0.269 e. The minimum atomic E-state index is -0.248. The number of thiocarbonyl (C=S) groups is 1. The summed E-state index contributed by atoms with van der Waals surface area (Å²) in [6.45, 7) is 1.98. The van der Waals surface area contributed by atoms with E-state index in [9.17, 15) is 4.79 Å². The maximum Gasteiger partial charge on any atom is 0.269 e. The van der Waals surface area contributed by atoms with E-state index in [1.165, 1.54) is 0 Å². The second-order valence-electron chi connectivity index (χ2n) is 5.29. The van der Waals surface area contributed by atoms with Crippen molar-refractivity contribution in [3.8, 4) is 0 Å². The van der Waals surface area contributed by atoms with Gasteiger partial charge in [0, 0.05) is 31.0 Å². The fraction of sp³-hybridized carbons (Fsp3) is 0.176. The molecule has 0 aliphatic carbocycles. The average molecular weight is 328 g/mol. The number of para-hydroxylation sites is 1. The summed E-state index contributed by atoms with van der Waals surface area (Å²) in [5, 5.41) is 3.37. The molecular formula is C17H20N4OS. The predicted molar refractivity (Wildman–Crippen MR) is 98.8 cm³/mol. The zero-order valence-corrected chi connectivity index (χ0v) is 14.2. The third-order valence-corrected chi connectivity index (χ3v) is 3.51. The molecule has 2 aromatic carbocycles. The van der Waals surface area contributed by atoms with E-state index < -0.39 is 0 Å². The zero-order valence-electron chi connectivity index (χ0n) is 13.4. The molecule has 3 N–H and O–H groups in total. The van der Waals surface area contributed by atoms with Gasteiger partial charge in [0.25, 0.3) is 5.91 Å². The number of nitrogens with zero attached hydrogens (tertiary/aromatic N) is 1. The molecule has 23 heavy (non-hydrogen) atoms. The molecular weight excluding hydrogens is 308 g/mol. The zero-order chi connectivity index (χ0) is 16.8. The van der Waals surface area contributed by atoms with E-state index in [2.05, 4.69) is 16.2 Å². The largest absolute Gasteiger partial charge is 0.378 e. The first-order chi connectivity index (χ1) is 11.0.